The van der Waals surface area contributed by atoms with E-state index in [0.29, 0.717) is 50.8 Å². The molecule has 9 nitrogen and oxygen atoms in total. The van der Waals surface area contributed by atoms with Crippen molar-refractivity contribution >= 4 is 23.3 Å². The van der Waals surface area contributed by atoms with Crippen molar-refractivity contribution in [1.82, 2.24) is 19.7 Å². The first-order chi connectivity index (χ1) is 20.8. The number of amides is 2. The summed E-state index contributed by atoms with van der Waals surface area (Å²) in [6, 6.07) is 4.20. The summed E-state index contributed by atoms with van der Waals surface area (Å²) in [5.41, 5.74) is -2.12. The molecule has 0 bridgehead atoms. The van der Waals surface area contributed by atoms with Crippen LogP contribution in [-0.2, 0) is 22.8 Å². The minimum atomic E-state index is -4.74. The van der Waals surface area contributed by atoms with Crippen LogP contribution in [0.15, 0.2) is 41.3 Å². The van der Waals surface area contributed by atoms with E-state index in [9.17, 15) is 36.7 Å². The minimum Gasteiger partial charge on any atom is -0.348 e. The maximum Gasteiger partial charge on any atom is 0.416 e. The number of Topliss-reactive ketones (excluding diaryl/α,β-unsaturated/α-hetero) is 1. The second kappa shape index (κ2) is 12.3. The molecular formula is C31H37F4N5O4. The Morgan fingerprint density at radius 3 is 2.36 bits per heavy atom. The number of benzene rings is 1. The molecule has 1 aromatic carbocycles. The van der Waals surface area contributed by atoms with Crippen LogP contribution >= 0.6 is 0 Å². The van der Waals surface area contributed by atoms with Gasteiger partial charge in [0.15, 0.2) is 5.78 Å². The summed E-state index contributed by atoms with van der Waals surface area (Å²) in [5.74, 6) is -2.33. The van der Waals surface area contributed by atoms with Crippen LogP contribution < -0.4 is 15.8 Å². The Kier molecular flexibility index (Phi) is 8.88. The second-order valence-electron chi connectivity index (χ2n) is 12.3. The molecule has 1 N–H and O–H groups in total. The number of nitrogens with one attached hydrogen (secondary N) is 1. The highest BCUT2D eigenvalue weighted by molar-refractivity contribution is 5.96. The first-order valence-corrected chi connectivity index (χ1v) is 14.9. The number of alkyl halides is 3. The van der Waals surface area contributed by atoms with Gasteiger partial charge in [-0.3, -0.25) is 24.1 Å². The summed E-state index contributed by atoms with van der Waals surface area (Å²) >= 11 is 0. The van der Waals surface area contributed by atoms with Crippen molar-refractivity contribution in [2.45, 2.75) is 62.7 Å². The Morgan fingerprint density at radius 2 is 1.73 bits per heavy atom. The zero-order valence-electron chi connectivity index (χ0n) is 24.8. The number of pyridine rings is 1. The number of carbonyl (C=O) groups excluding carboxylic acids is 3. The molecular weight excluding hydrogens is 582 g/mol. The summed E-state index contributed by atoms with van der Waals surface area (Å²) in [4.78, 5) is 57.7. The fraction of sp³-hybridized carbons (Fsp3) is 0.548. The molecule has 3 fully saturated rings. The van der Waals surface area contributed by atoms with Gasteiger partial charge in [0, 0.05) is 44.9 Å². The van der Waals surface area contributed by atoms with E-state index in [4.69, 9.17) is 0 Å². The number of ketones is 1. The molecule has 2 aromatic rings. The normalized spacial score (nSPS) is 20.3. The predicted octanol–water partition coefficient (Wildman–Crippen LogP) is 3.56. The highest BCUT2D eigenvalue weighted by Gasteiger charge is 2.50. The maximum atomic E-state index is 14.5. The fourth-order valence-corrected chi connectivity index (χ4v) is 6.85. The van der Waals surface area contributed by atoms with Crippen LogP contribution in [0.2, 0.25) is 0 Å². The summed E-state index contributed by atoms with van der Waals surface area (Å²) < 4.78 is 55.6. The average Bonchev–Trinajstić information content (AvgIpc) is 3.51. The molecule has 0 unspecified atom stereocenters. The number of piperidine rings is 1. The summed E-state index contributed by atoms with van der Waals surface area (Å²) in [6.45, 7) is 1.33. The van der Waals surface area contributed by atoms with Gasteiger partial charge in [0.2, 0.25) is 11.5 Å². The van der Waals surface area contributed by atoms with Gasteiger partial charge in [-0.2, -0.15) is 13.2 Å². The van der Waals surface area contributed by atoms with Gasteiger partial charge in [-0.1, -0.05) is 12.8 Å². The average molecular weight is 620 g/mol. The second-order valence-corrected chi connectivity index (χ2v) is 12.3. The van der Waals surface area contributed by atoms with Crippen molar-refractivity contribution in [1.29, 1.82) is 0 Å². The van der Waals surface area contributed by atoms with Crippen LogP contribution in [0.25, 0.3) is 0 Å². The Labute approximate surface area is 252 Å². The topological polar surface area (TPSA) is 95.0 Å². The van der Waals surface area contributed by atoms with Crippen molar-refractivity contribution in [3.63, 3.8) is 0 Å². The Balaban J connectivity index is 1.30. The smallest absolute Gasteiger partial charge is 0.348 e. The Bertz CT molecular complexity index is 1480. The third kappa shape index (κ3) is 6.38. The molecule has 44 heavy (non-hydrogen) atoms. The molecule has 1 aliphatic carbocycles. The molecule has 13 heteroatoms. The van der Waals surface area contributed by atoms with Gasteiger partial charge in [-0.25, -0.2) is 4.39 Å². The zero-order valence-corrected chi connectivity index (χ0v) is 24.8. The number of rotatable bonds is 6. The first kappa shape index (κ1) is 31.7. The van der Waals surface area contributed by atoms with Crippen LogP contribution in [0.4, 0.5) is 23.2 Å². The largest absolute Gasteiger partial charge is 0.416 e. The molecule has 1 saturated carbocycles. The van der Waals surface area contributed by atoms with Crippen molar-refractivity contribution < 1.29 is 31.9 Å². The lowest BCUT2D eigenvalue weighted by Crippen LogP contribution is -2.68. The lowest BCUT2D eigenvalue weighted by molar-refractivity contribution is -0.138. The number of likely N-dealkylation sites (N-methyl/N-ethyl adjacent to an activating group) is 1. The van der Waals surface area contributed by atoms with Crippen LogP contribution in [-0.4, -0.2) is 76.9 Å². The highest BCUT2D eigenvalue weighted by Crippen LogP contribution is 2.37. The molecule has 1 spiro atoms. The van der Waals surface area contributed by atoms with E-state index >= 15 is 0 Å². The standard InChI is InChI=1S/C31H37F4N5O4/c1-37-18-26(41)30(40(19-37)22-8-10-27(42)38(2)17-22)11-13-39(14-12-30)28(43)16-25(20-5-3-4-6-20)36-29(44)23-15-21(31(33,34)35)7-9-24(23)32/h7-10,15,17,20,25H,3-6,11-14,16,18-19H2,1-2H3,(H,36,44)/t25-/m0/s1. The summed E-state index contributed by atoms with van der Waals surface area (Å²) in [6.07, 6.45) is 0.915. The van der Waals surface area contributed by atoms with Crippen LogP contribution in [0.3, 0.4) is 0 Å². The molecule has 1 aromatic heterocycles. The highest BCUT2D eigenvalue weighted by atomic mass is 19.4. The number of hydrogen-bond acceptors (Lipinski definition) is 6. The molecule has 238 valence electrons. The van der Waals surface area contributed by atoms with Crippen molar-refractivity contribution in [3.8, 4) is 0 Å². The van der Waals surface area contributed by atoms with E-state index in [0.717, 1.165) is 31.4 Å². The summed E-state index contributed by atoms with van der Waals surface area (Å²) in [7, 11) is 3.50. The molecule has 2 aliphatic heterocycles. The monoisotopic (exact) mass is 619 g/mol. The molecule has 3 heterocycles. The number of halogens is 4. The van der Waals surface area contributed by atoms with Crippen molar-refractivity contribution in [3.05, 3.63) is 63.8 Å². The zero-order chi connectivity index (χ0) is 31.8. The van der Waals surface area contributed by atoms with E-state index in [-0.39, 0.29) is 36.1 Å². The van der Waals surface area contributed by atoms with Gasteiger partial charge in [-0.15, -0.1) is 0 Å². The molecule has 2 amide bonds. The lowest BCUT2D eigenvalue weighted by Gasteiger charge is -2.53. The van der Waals surface area contributed by atoms with Crippen LogP contribution in [0.1, 0.15) is 60.9 Å². The Hall–Kier alpha value is -3.74. The molecule has 1 atom stereocenters. The third-order valence-electron chi connectivity index (χ3n) is 9.38. The van der Waals surface area contributed by atoms with Gasteiger partial charge < -0.3 is 19.7 Å². The van der Waals surface area contributed by atoms with Gasteiger partial charge in [0.05, 0.1) is 30.0 Å². The number of carbonyl (C=O) groups is 3. The van der Waals surface area contributed by atoms with Gasteiger partial charge >= 0.3 is 6.18 Å². The Morgan fingerprint density at radius 1 is 1.05 bits per heavy atom. The quantitative estimate of drug-likeness (QED) is 0.498. The first-order valence-electron chi connectivity index (χ1n) is 14.9. The minimum absolute atomic E-state index is 0.0337. The molecule has 2 saturated heterocycles. The lowest BCUT2D eigenvalue weighted by atomic mass is 9.79. The molecule has 5 rings (SSSR count). The van der Waals surface area contributed by atoms with E-state index in [1.807, 2.05) is 16.8 Å². The summed E-state index contributed by atoms with van der Waals surface area (Å²) in [5, 5.41) is 2.68. The number of hydrogen-bond donors (Lipinski definition) is 1. The number of anilines is 1. The van der Waals surface area contributed by atoms with Crippen LogP contribution in [0.5, 0.6) is 0 Å². The van der Waals surface area contributed by atoms with Crippen molar-refractivity contribution in [2.24, 2.45) is 13.0 Å². The van der Waals surface area contributed by atoms with E-state index in [1.54, 1.807) is 24.2 Å². The predicted molar refractivity (Wildman–Crippen MR) is 154 cm³/mol. The van der Waals surface area contributed by atoms with Gasteiger partial charge in [-0.05, 0) is 62.9 Å². The third-order valence-corrected chi connectivity index (χ3v) is 9.38. The number of nitrogens with zero attached hydrogens (tertiary/aromatic N) is 4. The van der Waals surface area contributed by atoms with E-state index in [1.165, 1.54) is 10.6 Å². The molecule has 0 radical (unpaired) electrons. The van der Waals surface area contributed by atoms with Crippen molar-refractivity contribution in [2.75, 3.05) is 38.3 Å². The molecule has 3 aliphatic rings. The number of likely N-dealkylation sites (tertiary alicyclic amines) is 1. The maximum absolute atomic E-state index is 14.5. The van der Waals surface area contributed by atoms with E-state index in [2.05, 4.69) is 5.32 Å². The van der Waals surface area contributed by atoms with E-state index < -0.39 is 40.6 Å². The van der Waals surface area contributed by atoms with Crippen LogP contribution in [0, 0.1) is 11.7 Å². The van der Waals surface area contributed by atoms with Gasteiger partial charge in [0.1, 0.15) is 11.4 Å². The van der Waals surface area contributed by atoms with Gasteiger partial charge in [0.25, 0.3) is 5.91 Å². The number of aromatic nitrogens is 1. The number of aryl methyl sites for hydroxylation is 1. The fourth-order valence-electron chi connectivity index (χ4n) is 6.85. The SMILES string of the molecule is CN1CC(=O)C2(CCN(C(=O)C[C@H](NC(=O)c3cc(C(F)(F)F)ccc3F)C3CCCC3)CC2)N(c2ccc(=O)n(C)c2)C1.